The summed E-state index contributed by atoms with van der Waals surface area (Å²) >= 11 is 0. The zero-order chi connectivity index (χ0) is 11.3. The molecule has 16 heavy (non-hydrogen) atoms. The topological polar surface area (TPSA) is 43.4 Å². The van der Waals surface area contributed by atoms with E-state index in [0.29, 0.717) is 17.6 Å². The summed E-state index contributed by atoms with van der Waals surface area (Å²) < 4.78 is 4.65. The molecule has 0 radical (unpaired) electrons. The summed E-state index contributed by atoms with van der Waals surface area (Å²) in [5.74, 6) is -0.960. The highest BCUT2D eigenvalue weighted by atomic mass is 16.6. The standard InChI is InChI=1S/C13H10O3/c1-7-2-3-8-4-5-9-11(10(8)6-7)13(15)16-12(9)14/h2-3,6H,4-5H2,1H3. The van der Waals surface area contributed by atoms with E-state index in [9.17, 15) is 9.59 Å². The Bertz CT molecular complexity index is 552. The number of cyclic esters (lactones) is 2. The molecule has 80 valence electrons. The number of esters is 2. The van der Waals surface area contributed by atoms with Crippen LogP contribution >= 0.6 is 0 Å². The van der Waals surface area contributed by atoms with E-state index in [-0.39, 0.29) is 0 Å². The minimum absolute atomic E-state index is 0.466. The van der Waals surface area contributed by atoms with Gasteiger partial charge in [-0.3, -0.25) is 0 Å². The Hall–Kier alpha value is -1.90. The molecule has 1 aromatic rings. The first kappa shape index (κ1) is 9.33. The molecule has 0 spiro atoms. The normalized spacial score (nSPS) is 18.3. The highest BCUT2D eigenvalue weighted by molar-refractivity contribution is 6.31. The molecular formula is C13H10O3. The van der Waals surface area contributed by atoms with Gasteiger partial charge in [-0.2, -0.15) is 0 Å². The highest BCUT2D eigenvalue weighted by Crippen LogP contribution is 2.36. The second kappa shape index (κ2) is 3.04. The minimum Gasteiger partial charge on any atom is -0.386 e. The van der Waals surface area contributed by atoms with Crippen molar-refractivity contribution in [1.29, 1.82) is 0 Å². The summed E-state index contributed by atoms with van der Waals surface area (Å²) in [6.45, 7) is 1.97. The Labute approximate surface area is 92.7 Å². The number of hydrogen-bond acceptors (Lipinski definition) is 3. The summed E-state index contributed by atoms with van der Waals surface area (Å²) in [5.41, 5.74) is 4.10. The third-order valence-corrected chi connectivity index (χ3v) is 3.12. The van der Waals surface area contributed by atoms with E-state index < -0.39 is 11.9 Å². The summed E-state index contributed by atoms with van der Waals surface area (Å²) in [4.78, 5) is 23.0. The fourth-order valence-electron chi connectivity index (χ4n) is 2.32. The van der Waals surface area contributed by atoms with Crippen LogP contribution in [0.2, 0.25) is 0 Å². The quantitative estimate of drug-likeness (QED) is 0.488. The van der Waals surface area contributed by atoms with Gasteiger partial charge in [-0.05, 0) is 30.9 Å². The number of carbonyl (C=O) groups is 2. The number of ether oxygens (including phenoxy) is 1. The van der Waals surface area contributed by atoms with Crippen LogP contribution in [-0.2, 0) is 20.7 Å². The van der Waals surface area contributed by atoms with E-state index in [1.807, 2.05) is 25.1 Å². The molecule has 1 heterocycles. The molecule has 3 nitrogen and oxygen atoms in total. The second-order valence-corrected chi connectivity index (χ2v) is 4.19. The average Bonchev–Trinajstić information content (AvgIpc) is 2.54. The molecule has 3 heteroatoms. The van der Waals surface area contributed by atoms with E-state index in [1.165, 1.54) is 0 Å². The predicted molar refractivity (Wildman–Crippen MR) is 57.5 cm³/mol. The maximum atomic E-state index is 11.6. The van der Waals surface area contributed by atoms with Gasteiger partial charge in [-0.1, -0.05) is 23.8 Å². The molecule has 3 rings (SSSR count). The zero-order valence-electron chi connectivity index (χ0n) is 8.87. The van der Waals surface area contributed by atoms with Crippen molar-refractivity contribution in [3.05, 3.63) is 40.5 Å². The molecule has 0 fully saturated rings. The number of rotatable bonds is 0. The number of benzene rings is 1. The molecular weight excluding hydrogens is 204 g/mol. The van der Waals surface area contributed by atoms with E-state index >= 15 is 0 Å². The number of fused-ring (bicyclic) bond motifs is 2. The lowest BCUT2D eigenvalue weighted by Crippen LogP contribution is -2.07. The third-order valence-electron chi connectivity index (χ3n) is 3.12. The molecule has 0 atom stereocenters. The van der Waals surface area contributed by atoms with Crippen molar-refractivity contribution in [1.82, 2.24) is 0 Å². The lowest BCUT2D eigenvalue weighted by atomic mass is 9.86. The number of aryl methyl sites for hydroxylation is 2. The molecule has 0 bridgehead atoms. The first-order valence-corrected chi connectivity index (χ1v) is 5.26. The van der Waals surface area contributed by atoms with Gasteiger partial charge < -0.3 is 4.74 Å². The number of carbonyl (C=O) groups excluding carboxylic acids is 2. The Morgan fingerprint density at radius 1 is 1.12 bits per heavy atom. The van der Waals surface area contributed by atoms with Crippen LogP contribution in [0, 0.1) is 6.92 Å². The van der Waals surface area contributed by atoms with Gasteiger partial charge in [0.15, 0.2) is 0 Å². The van der Waals surface area contributed by atoms with Crippen molar-refractivity contribution < 1.29 is 14.3 Å². The first-order valence-electron chi connectivity index (χ1n) is 5.26. The maximum absolute atomic E-state index is 11.6. The fourth-order valence-corrected chi connectivity index (χ4v) is 2.32. The van der Waals surface area contributed by atoms with Gasteiger partial charge >= 0.3 is 11.9 Å². The Morgan fingerprint density at radius 3 is 2.75 bits per heavy atom. The second-order valence-electron chi connectivity index (χ2n) is 4.19. The van der Waals surface area contributed by atoms with Gasteiger partial charge in [-0.25, -0.2) is 9.59 Å². The highest BCUT2D eigenvalue weighted by Gasteiger charge is 2.36. The van der Waals surface area contributed by atoms with Gasteiger partial charge in [-0.15, -0.1) is 0 Å². The van der Waals surface area contributed by atoms with Crippen molar-refractivity contribution in [2.45, 2.75) is 19.8 Å². The van der Waals surface area contributed by atoms with Crippen LogP contribution in [0.3, 0.4) is 0 Å². The summed E-state index contributed by atoms with van der Waals surface area (Å²) in [5, 5.41) is 0. The number of hydrogen-bond donors (Lipinski definition) is 0. The molecule has 2 aliphatic rings. The van der Waals surface area contributed by atoms with Crippen molar-refractivity contribution in [2.75, 3.05) is 0 Å². The van der Waals surface area contributed by atoms with Gasteiger partial charge in [0.05, 0.1) is 11.1 Å². The van der Waals surface area contributed by atoms with Crippen LogP contribution in [0.4, 0.5) is 0 Å². The lowest BCUT2D eigenvalue weighted by Gasteiger charge is -2.15. The molecule has 0 amide bonds. The SMILES string of the molecule is Cc1ccc2c(c1)C1=C(CC2)C(=O)OC1=O. The molecule has 0 N–H and O–H groups in total. The van der Waals surface area contributed by atoms with E-state index in [4.69, 9.17) is 0 Å². The van der Waals surface area contributed by atoms with Crippen LogP contribution in [0.25, 0.3) is 5.57 Å². The van der Waals surface area contributed by atoms with Gasteiger partial charge in [0.2, 0.25) is 0 Å². The molecule has 1 aliphatic carbocycles. The largest absolute Gasteiger partial charge is 0.386 e. The summed E-state index contributed by atoms with van der Waals surface area (Å²) in [6.07, 6.45) is 1.41. The van der Waals surface area contributed by atoms with Crippen LogP contribution in [0.15, 0.2) is 23.8 Å². The fraction of sp³-hybridized carbons (Fsp3) is 0.231. The van der Waals surface area contributed by atoms with Crippen LogP contribution in [0.1, 0.15) is 23.1 Å². The maximum Gasteiger partial charge on any atom is 0.347 e. The average molecular weight is 214 g/mol. The van der Waals surface area contributed by atoms with Crippen LogP contribution < -0.4 is 0 Å². The Balaban J connectivity index is 2.27. The van der Waals surface area contributed by atoms with Crippen molar-refractivity contribution in [3.63, 3.8) is 0 Å². The van der Waals surface area contributed by atoms with Gasteiger partial charge in [0.1, 0.15) is 0 Å². The monoisotopic (exact) mass is 214 g/mol. The minimum atomic E-state index is -0.494. The van der Waals surface area contributed by atoms with Crippen molar-refractivity contribution >= 4 is 17.5 Å². The van der Waals surface area contributed by atoms with E-state index in [2.05, 4.69) is 4.74 Å². The predicted octanol–water partition coefficient (Wildman–Crippen LogP) is 1.78. The van der Waals surface area contributed by atoms with Crippen LogP contribution in [0.5, 0.6) is 0 Å². The molecule has 0 saturated carbocycles. The van der Waals surface area contributed by atoms with Crippen molar-refractivity contribution in [3.8, 4) is 0 Å². The molecule has 0 unspecified atom stereocenters. The molecule has 0 saturated heterocycles. The molecule has 1 aromatic carbocycles. The Morgan fingerprint density at radius 2 is 1.94 bits per heavy atom. The summed E-state index contributed by atoms with van der Waals surface area (Å²) in [7, 11) is 0. The first-order chi connectivity index (χ1) is 7.66. The van der Waals surface area contributed by atoms with Crippen molar-refractivity contribution in [2.24, 2.45) is 0 Å². The van der Waals surface area contributed by atoms with Crippen LogP contribution in [-0.4, -0.2) is 11.9 Å². The lowest BCUT2D eigenvalue weighted by molar-refractivity contribution is -0.150. The van der Waals surface area contributed by atoms with Gasteiger partial charge in [0.25, 0.3) is 0 Å². The Kier molecular flexibility index (Phi) is 1.78. The third kappa shape index (κ3) is 1.14. The molecule has 0 aromatic heterocycles. The van der Waals surface area contributed by atoms with E-state index in [1.54, 1.807) is 0 Å². The molecule has 1 aliphatic heterocycles. The zero-order valence-corrected chi connectivity index (χ0v) is 8.87. The van der Waals surface area contributed by atoms with E-state index in [0.717, 1.165) is 23.1 Å². The van der Waals surface area contributed by atoms with Gasteiger partial charge in [0, 0.05) is 0 Å². The smallest absolute Gasteiger partial charge is 0.347 e. The summed E-state index contributed by atoms with van der Waals surface area (Å²) in [6, 6.07) is 5.99.